The van der Waals surface area contributed by atoms with Crippen molar-refractivity contribution in [3.63, 3.8) is 0 Å². The number of hydrogen-bond donors (Lipinski definition) is 1. The maximum atomic E-state index is 11.3. The van der Waals surface area contributed by atoms with Crippen molar-refractivity contribution in [1.29, 1.82) is 0 Å². The van der Waals surface area contributed by atoms with Crippen LogP contribution in [-0.2, 0) is 14.3 Å². The van der Waals surface area contributed by atoms with Gasteiger partial charge in [-0.25, -0.2) is 0 Å². The predicted molar refractivity (Wildman–Crippen MR) is 47.3 cm³/mol. The summed E-state index contributed by atoms with van der Waals surface area (Å²) in [6.07, 6.45) is -0.478. The van der Waals surface area contributed by atoms with Crippen LogP contribution in [0.15, 0.2) is 0 Å². The van der Waals surface area contributed by atoms with E-state index in [-0.39, 0.29) is 5.91 Å². The van der Waals surface area contributed by atoms with Crippen molar-refractivity contribution in [2.75, 3.05) is 40.5 Å². The summed E-state index contributed by atoms with van der Waals surface area (Å²) < 4.78 is 10.3. The summed E-state index contributed by atoms with van der Waals surface area (Å²) in [5.74, 6) is -0.107. The Bertz CT molecular complexity index is 169. The Labute approximate surface area is 78.0 Å². The number of nitrogens with one attached hydrogen (secondary N) is 1. The van der Waals surface area contributed by atoms with Crippen LogP contribution in [0, 0.1) is 0 Å². The number of carbonyl (C=O) groups is 1. The molecule has 0 saturated carbocycles. The molecule has 13 heavy (non-hydrogen) atoms. The van der Waals surface area contributed by atoms with Crippen LogP contribution >= 0.6 is 0 Å². The van der Waals surface area contributed by atoms with E-state index in [1.807, 2.05) is 4.90 Å². The number of morpholine rings is 1. The summed E-state index contributed by atoms with van der Waals surface area (Å²) in [6.45, 7) is 2.81. The van der Waals surface area contributed by atoms with Crippen LogP contribution in [0.3, 0.4) is 0 Å². The van der Waals surface area contributed by atoms with Gasteiger partial charge in [-0.05, 0) is 0 Å². The minimum atomic E-state index is -0.478. The van der Waals surface area contributed by atoms with E-state index in [4.69, 9.17) is 9.47 Å². The smallest absolute Gasteiger partial charge is 0.264 e. The third-order valence-electron chi connectivity index (χ3n) is 2.07. The zero-order valence-corrected chi connectivity index (χ0v) is 8.08. The molecule has 5 heteroatoms. The van der Waals surface area contributed by atoms with Gasteiger partial charge in [0.15, 0.2) is 6.23 Å². The van der Waals surface area contributed by atoms with Crippen molar-refractivity contribution in [2.45, 2.75) is 6.23 Å². The number of amides is 1. The molecule has 1 saturated heterocycles. The molecule has 0 spiro atoms. The monoisotopic (exact) mass is 188 g/mol. The van der Waals surface area contributed by atoms with Gasteiger partial charge >= 0.3 is 0 Å². The quantitative estimate of drug-likeness (QED) is 0.619. The normalized spacial score (nSPS) is 21.1. The maximum absolute atomic E-state index is 11.3. The van der Waals surface area contributed by atoms with E-state index < -0.39 is 6.23 Å². The van der Waals surface area contributed by atoms with Crippen molar-refractivity contribution in [3.8, 4) is 0 Å². The summed E-state index contributed by atoms with van der Waals surface area (Å²) in [7, 11) is 3.14. The van der Waals surface area contributed by atoms with E-state index in [0.717, 1.165) is 13.1 Å². The molecule has 0 aromatic heterocycles. The fourth-order valence-corrected chi connectivity index (χ4v) is 1.36. The summed E-state index contributed by atoms with van der Waals surface area (Å²) in [5.41, 5.74) is 0. The van der Waals surface area contributed by atoms with Crippen molar-refractivity contribution >= 4 is 5.91 Å². The Morgan fingerprint density at radius 3 is 2.62 bits per heavy atom. The van der Waals surface area contributed by atoms with Crippen molar-refractivity contribution < 1.29 is 14.3 Å². The van der Waals surface area contributed by atoms with Crippen LogP contribution in [-0.4, -0.2) is 57.5 Å². The Kier molecular flexibility index (Phi) is 4.14. The van der Waals surface area contributed by atoms with E-state index in [0.29, 0.717) is 13.2 Å². The van der Waals surface area contributed by atoms with Gasteiger partial charge < -0.3 is 14.8 Å². The minimum absolute atomic E-state index is 0.107. The molecule has 0 bridgehead atoms. The number of nitrogens with zero attached hydrogens (tertiary/aromatic N) is 1. The van der Waals surface area contributed by atoms with Crippen LogP contribution in [0.1, 0.15) is 0 Å². The second-order valence-corrected chi connectivity index (χ2v) is 2.85. The molecular weight excluding hydrogens is 172 g/mol. The molecule has 0 unspecified atom stereocenters. The van der Waals surface area contributed by atoms with Gasteiger partial charge in [0.1, 0.15) is 0 Å². The highest BCUT2D eigenvalue weighted by Gasteiger charge is 2.25. The van der Waals surface area contributed by atoms with Crippen LogP contribution in [0.5, 0.6) is 0 Å². The second-order valence-electron chi connectivity index (χ2n) is 2.85. The molecule has 0 aliphatic carbocycles. The van der Waals surface area contributed by atoms with Gasteiger partial charge in [0.25, 0.3) is 5.91 Å². The lowest BCUT2D eigenvalue weighted by Gasteiger charge is -2.31. The molecule has 1 rings (SSSR count). The highest BCUT2D eigenvalue weighted by Crippen LogP contribution is 2.04. The van der Waals surface area contributed by atoms with Crippen molar-refractivity contribution in [1.82, 2.24) is 10.2 Å². The first-order valence-corrected chi connectivity index (χ1v) is 4.35. The fourth-order valence-electron chi connectivity index (χ4n) is 1.36. The Hall–Kier alpha value is -0.650. The van der Waals surface area contributed by atoms with Crippen LogP contribution in [0.2, 0.25) is 0 Å². The lowest BCUT2D eigenvalue weighted by Crippen LogP contribution is -2.51. The molecule has 5 nitrogen and oxygen atoms in total. The third-order valence-corrected chi connectivity index (χ3v) is 2.07. The second kappa shape index (κ2) is 5.16. The average molecular weight is 188 g/mol. The highest BCUT2D eigenvalue weighted by atomic mass is 16.5. The fraction of sp³-hybridized carbons (Fsp3) is 0.875. The summed E-state index contributed by atoms with van der Waals surface area (Å²) in [5, 5.41) is 2.57. The van der Waals surface area contributed by atoms with Crippen LogP contribution in [0.4, 0.5) is 0 Å². The first-order valence-electron chi connectivity index (χ1n) is 4.35. The maximum Gasteiger partial charge on any atom is 0.264 e. The Morgan fingerprint density at radius 2 is 2.15 bits per heavy atom. The van der Waals surface area contributed by atoms with Crippen molar-refractivity contribution in [3.05, 3.63) is 0 Å². The molecule has 1 fully saturated rings. The van der Waals surface area contributed by atoms with Gasteiger partial charge in [0, 0.05) is 27.2 Å². The summed E-state index contributed by atoms with van der Waals surface area (Å²) >= 11 is 0. The number of methoxy groups -OCH3 is 1. The molecule has 1 amide bonds. The predicted octanol–water partition coefficient (Wildman–Crippen LogP) is -0.963. The number of hydrogen-bond acceptors (Lipinski definition) is 4. The molecule has 0 aromatic rings. The first kappa shape index (κ1) is 10.4. The first-order chi connectivity index (χ1) is 6.29. The molecule has 1 aliphatic heterocycles. The SMILES string of the molecule is CNC(=O)[C@H](OC)N1CCOCC1. The Morgan fingerprint density at radius 1 is 1.54 bits per heavy atom. The van der Waals surface area contributed by atoms with E-state index in [1.165, 1.54) is 7.11 Å². The molecule has 1 atom stereocenters. The van der Waals surface area contributed by atoms with E-state index >= 15 is 0 Å². The van der Waals surface area contributed by atoms with Crippen LogP contribution < -0.4 is 5.32 Å². The van der Waals surface area contributed by atoms with Gasteiger partial charge in [-0.1, -0.05) is 0 Å². The Balaban J connectivity index is 2.48. The molecule has 76 valence electrons. The van der Waals surface area contributed by atoms with Gasteiger partial charge in [-0.15, -0.1) is 0 Å². The zero-order chi connectivity index (χ0) is 9.68. The topological polar surface area (TPSA) is 50.8 Å². The molecule has 1 aliphatic rings. The minimum Gasteiger partial charge on any atom is -0.379 e. The van der Waals surface area contributed by atoms with Gasteiger partial charge in [-0.2, -0.15) is 0 Å². The number of carbonyl (C=O) groups excluding carboxylic acids is 1. The number of ether oxygens (including phenoxy) is 2. The van der Waals surface area contributed by atoms with Gasteiger partial charge in [0.2, 0.25) is 0 Å². The molecule has 0 radical (unpaired) electrons. The van der Waals surface area contributed by atoms with Gasteiger partial charge in [0.05, 0.1) is 13.2 Å². The standard InChI is InChI=1S/C8H16N2O3/c1-9-7(11)8(12-2)10-3-5-13-6-4-10/h8H,3-6H2,1-2H3,(H,9,11)/t8-/m0/s1. The molecule has 1 heterocycles. The highest BCUT2D eigenvalue weighted by molar-refractivity contribution is 5.80. The largest absolute Gasteiger partial charge is 0.379 e. The number of likely N-dealkylation sites (N-methyl/N-ethyl adjacent to an activating group) is 1. The van der Waals surface area contributed by atoms with E-state index in [1.54, 1.807) is 7.05 Å². The molecule has 0 aromatic carbocycles. The zero-order valence-electron chi connectivity index (χ0n) is 8.08. The van der Waals surface area contributed by atoms with E-state index in [2.05, 4.69) is 5.32 Å². The summed E-state index contributed by atoms with van der Waals surface area (Å²) in [6, 6.07) is 0. The lowest BCUT2D eigenvalue weighted by molar-refractivity contribution is -0.147. The third kappa shape index (κ3) is 2.65. The van der Waals surface area contributed by atoms with E-state index in [9.17, 15) is 4.79 Å². The molecule has 1 N–H and O–H groups in total. The summed E-state index contributed by atoms with van der Waals surface area (Å²) in [4.78, 5) is 13.3. The van der Waals surface area contributed by atoms with Crippen LogP contribution in [0.25, 0.3) is 0 Å². The average Bonchev–Trinajstić information content (AvgIpc) is 2.20. The molecular formula is C8H16N2O3. The number of rotatable bonds is 3. The van der Waals surface area contributed by atoms with Gasteiger partial charge in [-0.3, -0.25) is 9.69 Å². The lowest BCUT2D eigenvalue weighted by atomic mass is 10.3. The van der Waals surface area contributed by atoms with Crippen molar-refractivity contribution in [2.24, 2.45) is 0 Å².